The first-order chi connectivity index (χ1) is 10.5. The topological polar surface area (TPSA) is 82.0 Å². The number of benzene rings is 1. The highest BCUT2D eigenvalue weighted by atomic mass is 35.5. The van der Waals surface area contributed by atoms with Gasteiger partial charge in [0.05, 0.1) is 16.9 Å². The molecule has 23 heavy (non-hydrogen) atoms. The minimum atomic E-state index is -0.515. The first kappa shape index (κ1) is 17.9. The number of nitrogens with two attached hydrogens (primary N) is 1. The van der Waals surface area contributed by atoms with Crippen LogP contribution >= 0.6 is 24.2 Å². The average molecular weight is 358 g/mol. The molecule has 0 saturated heterocycles. The van der Waals surface area contributed by atoms with Gasteiger partial charge in [0.15, 0.2) is 11.6 Å². The van der Waals surface area contributed by atoms with Gasteiger partial charge in [-0.25, -0.2) is 4.39 Å². The van der Waals surface area contributed by atoms with Crippen molar-refractivity contribution < 1.29 is 13.7 Å². The maximum absolute atomic E-state index is 13.7. The Labute approximate surface area is 143 Å². The van der Waals surface area contributed by atoms with E-state index < -0.39 is 11.4 Å². The summed E-state index contributed by atoms with van der Waals surface area (Å²) in [7, 11) is 0. The van der Waals surface area contributed by atoms with E-state index in [1.807, 2.05) is 0 Å². The molecule has 2 N–H and O–H groups in total. The van der Waals surface area contributed by atoms with Crippen LogP contribution in [0.1, 0.15) is 48.3 Å². The molecule has 1 aliphatic carbocycles. The average Bonchev–Trinajstić information content (AvgIpc) is 2.91. The van der Waals surface area contributed by atoms with Gasteiger partial charge in [-0.2, -0.15) is 4.98 Å². The highest BCUT2D eigenvalue weighted by Crippen LogP contribution is 2.37. The Hall–Kier alpha value is -1.44. The molecular weight excluding hydrogens is 341 g/mol. The van der Waals surface area contributed by atoms with Gasteiger partial charge < -0.3 is 10.3 Å². The van der Waals surface area contributed by atoms with E-state index in [9.17, 15) is 9.18 Å². The summed E-state index contributed by atoms with van der Waals surface area (Å²) >= 11 is 1.37. The third-order valence-electron chi connectivity index (χ3n) is 3.84. The van der Waals surface area contributed by atoms with Crippen molar-refractivity contribution >= 4 is 30.0 Å². The van der Waals surface area contributed by atoms with E-state index in [-0.39, 0.29) is 23.8 Å². The smallest absolute Gasteiger partial charge is 0.237 e. The fourth-order valence-electron chi connectivity index (χ4n) is 2.31. The molecule has 124 valence electrons. The van der Waals surface area contributed by atoms with Crippen molar-refractivity contribution in [2.45, 2.75) is 42.4 Å². The summed E-state index contributed by atoms with van der Waals surface area (Å²) in [5.41, 5.74) is 5.79. The summed E-state index contributed by atoms with van der Waals surface area (Å²) in [4.78, 5) is 16.2. The number of nitrogens with zero attached hydrogens (tertiary/aromatic N) is 2. The van der Waals surface area contributed by atoms with Crippen LogP contribution in [0.15, 0.2) is 27.6 Å². The molecule has 1 saturated carbocycles. The van der Waals surface area contributed by atoms with Crippen LogP contribution in [0.5, 0.6) is 0 Å². The Morgan fingerprint density at radius 1 is 1.48 bits per heavy atom. The van der Waals surface area contributed by atoms with E-state index >= 15 is 0 Å². The second kappa shape index (κ2) is 6.98. The van der Waals surface area contributed by atoms with Crippen LogP contribution in [0.25, 0.3) is 0 Å². The number of halogens is 2. The molecule has 1 aromatic heterocycles. The standard InChI is InChI=1S/C15H16FN3O2S.ClH/c1-9(20)11-4-3-10(7-12(11)16)22-8-13-18-14(19-21-13)15(17)5-2-6-15;/h3-4,7H,2,5-6,8,17H2,1H3;1H. The van der Waals surface area contributed by atoms with E-state index in [2.05, 4.69) is 10.1 Å². The fourth-order valence-corrected chi connectivity index (χ4v) is 3.07. The lowest BCUT2D eigenvalue weighted by Gasteiger charge is -2.34. The zero-order valence-electron chi connectivity index (χ0n) is 12.5. The Morgan fingerprint density at radius 3 is 2.78 bits per heavy atom. The van der Waals surface area contributed by atoms with E-state index in [1.54, 1.807) is 6.07 Å². The summed E-state index contributed by atoms with van der Waals surface area (Å²) in [5, 5.41) is 3.93. The quantitative estimate of drug-likeness (QED) is 0.651. The van der Waals surface area contributed by atoms with Gasteiger partial charge in [0, 0.05) is 4.90 Å². The van der Waals surface area contributed by atoms with Crippen molar-refractivity contribution in [3.8, 4) is 0 Å². The summed E-state index contributed by atoms with van der Waals surface area (Å²) in [5.74, 6) is 0.644. The molecule has 0 aliphatic heterocycles. The number of ketones is 1. The van der Waals surface area contributed by atoms with Crippen molar-refractivity contribution in [2.24, 2.45) is 5.73 Å². The third kappa shape index (κ3) is 3.73. The van der Waals surface area contributed by atoms with Gasteiger partial charge in [-0.1, -0.05) is 5.16 Å². The van der Waals surface area contributed by atoms with Crippen molar-refractivity contribution in [3.63, 3.8) is 0 Å². The first-order valence-corrected chi connectivity index (χ1v) is 8.02. The molecule has 0 unspecified atom stereocenters. The van der Waals surface area contributed by atoms with Crippen LogP contribution in [0.2, 0.25) is 0 Å². The number of thioether (sulfide) groups is 1. The SMILES string of the molecule is CC(=O)c1ccc(SCc2nc(C3(N)CCC3)no2)cc1F.Cl. The van der Waals surface area contributed by atoms with Crippen molar-refractivity contribution in [2.75, 3.05) is 0 Å². The number of hydrogen-bond donors (Lipinski definition) is 1. The molecule has 0 bridgehead atoms. The summed E-state index contributed by atoms with van der Waals surface area (Å²) in [6.45, 7) is 1.34. The molecule has 3 rings (SSSR count). The third-order valence-corrected chi connectivity index (χ3v) is 4.82. The Kier molecular flexibility index (Phi) is 5.44. The van der Waals surface area contributed by atoms with Gasteiger partial charge in [-0.3, -0.25) is 4.79 Å². The van der Waals surface area contributed by atoms with E-state index in [0.29, 0.717) is 22.4 Å². The number of hydrogen-bond acceptors (Lipinski definition) is 6. The largest absolute Gasteiger partial charge is 0.338 e. The number of aromatic nitrogens is 2. The maximum Gasteiger partial charge on any atom is 0.237 e. The van der Waals surface area contributed by atoms with Crippen LogP contribution in [0, 0.1) is 5.82 Å². The van der Waals surface area contributed by atoms with Crippen LogP contribution in [0.3, 0.4) is 0 Å². The minimum Gasteiger partial charge on any atom is -0.338 e. The molecule has 2 aromatic rings. The molecule has 1 aliphatic rings. The van der Waals surface area contributed by atoms with Gasteiger partial charge in [0.25, 0.3) is 0 Å². The second-order valence-corrected chi connectivity index (χ2v) is 6.56. The molecule has 0 atom stereocenters. The first-order valence-electron chi connectivity index (χ1n) is 7.03. The lowest BCUT2D eigenvalue weighted by atomic mass is 9.77. The second-order valence-electron chi connectivity index (χ2n) is 5.51. The predicted octanol–water partition coefficient (Wildman–Crippen LogP) is 3.46. The lowest BCUT2D eigenvalue weighted by molar-refractivity contribution is 0.101. The molecule has 0 spiro atoms. The highest BCUT2D eigenvalue weighted by Gasteiger charge is 2.38. The Morgan fingerprint density at radius 2 is 2.22 bits per heavy atom. The van der Waals surface area contributed by atoms with Crippen molar-refractivity contribution in [1.82, 2.24) is 10.1 Å². The molecule has 8 heteroatoms. The molecule has 1 heterocycles. The normalized spacial score (nSPS) is 15.6. The molecule has 5 nitrogen and oxygen atoms in total. The van der Waals surface area contributed by atoms with Crippen LogP contribution in [0.4, 0.5) is 4.39 Å². The van der Waals surface area contributed by atoms with Gasteiger partial charge in [-0.05, 0) is 44.4 Å². The van der Waals surface area contributed by atoms with Gasteiger partial charge in [0.2, 0.25) is 5.89 Å². The molecule has 1 aromatic carbocycles. The predicted molar refractivity (Wildman–Crippen MR) is 87.2 cm³/mol. The molecule has 1 fully saturated rings. The number of rotatable bonds is 5. The van der Waals surface area contributed by atoms with Crippen LogP contribution in [-0.2, 0) is 11.3 Å². The van der Waals surface area contributed by atoms with Crippen LogP contribution in [-0.4, -0.2) is 15.9 Å². The van der Waals surface area contributed by atoms with Crippen molar-refractivity contribution in [3.05, 3.63) is 41.3 Å². The molecular formula is C15H17ClFN3O2S. The monoisotopic (exact) mass is 357 g/mol. The zero-order valence-corrected chi connectivity index (χ0v) is 14.2. The number of carbonyl (C=O) groups excluding carboxylic acids is 1. The summed E-state index contributed by atoms with van der Waals surface area (Å²) in [6.07, 6.45) is 2.82. The van der Waals surface area contributed by atoms with E-state index in [1.165, 1.54) is 30.8 Å². The lowest BCUT2D eigenvalue weighted by Crippen LogP contribution is -2.44. The molecule has 0 amide bonds. The Balaban J connectivity index is 0.00000192. The Bertz CT molecular complexity index is 718. The van der Waals surface area contributed by atoms with Gasteiger partial charge >= 0.3 is 0 Å². The summed E-state index contributed by atoms with van der Waals surface area (Å²) in [6, 6.07) is 4.54. The van der Waals surface area contributed by atoms with Crippen molar-refractivity contribution in [1.29, 1.82) is 0 Å². The minimum absolute atomic E-state index is 0. The number of carbonyl (C=O) groups is 1. The molecule has 0 radical (unpaired) electrons. The van der Waals surface area contributed by atoms with E-state index in [0.717, 1.165) is 19.3 Å². The highest BCUT2D eigenvalue weighted by molar-refractivity contribution is 7.98. The van der Waals surface area contributed by atoms with Gasteiger partial charge in [-0.15, -0.1) is 24.2 Å². The zero-order chi connectivity index (χ0) is 15.7. The van der Waals surface area contributed by atoms with Crippen LogP contribution < -0.4 is 5.73 Å². The van der Waals surface area contributed by atoms with E-state index in [4.69, 9.17) is 10.3 Å². The number of Topliss-reactive ketones (excluding diaryl/α,β-unsaturated/α-hetero) is 1. The van der Waals surface area contributed by atoms with Gasteiger partial charge in [0.1, 0.15) is 5.82 Å². The fraction of sp³-hybridized carbons (Fsp3) is 0.400. The summed E-state index contributed by atoms with van der Waals surface area (Å²) < 4.78 is 18.9. The maximum atomic E-state index is 13.7.